The molecule has 0 aliphatic rings. The summed E-state index contributed by atoms with van der Waals surface area (Å²) in [5.41, 5.74) is -0.550. The number of ether oxygens (including phenoxy) is 1. The maximum Gasteiger partial charge on any atom is 0.306 e. The van der Waals surface area contributed by atoms with Gasteiger partial charge in [0, 0.05) is 27.1 Å². The Morgan fingerprint density at radius 1 is 1.00 bits per heavy atom. The number of carbonyl (C=O) groups is 3. The van der Waals surface area contributed by atoms with Gasteiger partial charge in [-0.1, -0.05) is 0 Å². The van der Waals surface area contributed by atoms with E-state index in [0.717, 1.165) is 0 Å². The summed E-state index contributed by atoms with van der Waals surface area (Å²) in [6.45, 7) is 7.61. The molecule has 0 radical (unpaired) electrons. The molecule has 6 nitrogen and oxygen atoms in total. The molecule has 0 atom stereocenters. The molecule has 20 heavy (non-hydrogen) atoms. The van der Waals surface area contributed by atoms with Gasteiger partial charge in [0.1, 0.15) is 5.60 Å². The van der Waals surface area contributed by atoms with Crippen LogP contribution >= 0.6 is 0 Å². The van der Waals surface area contributed by atoms with Gasteiger partial charge in [-0.3, -0.25) is 14.4 Å². The number of nitrogens with zero attached hydrogens (tertiary/aromatic N) is 2. The van der Waals surface area contributed by atoms with Crippen LogP contribution in [0.5, 0.6) is 0 Å². The van der Waals surface area contributed by atoms with Crippen molar-refractivity contribution in [2.24, 2.45) is 0 Å². The average Bonchev–Trinajstić information content (AvgIpc) is 2.30. The molecule has 0 rings (SSSR count). The number of carbonyl (C=O) groups excluding carboxylic acids is 3. The second kappa shape index (κ2) is 7.87. The highest BCUT2D eigenvalue weighted by molar-refractivity contribution is 5.86. The SMILES string of the molecule is CCN(CC(=O)N(C)C)C(=O)CCC(=O)OC(C)(C)C. The van der Waals surface area contributed by atoms with Crippen molar-refractivity contribution in [3.63, 3.8) is 0 Å². The molecule has 0 N–H and O–H groups in total. The molecule has 0 spiro atoms. The molecule has 0 saturated heterocycles. The average molecular weight is 286 g/mol. The first kappa shape index (κ1) is 18.4. The molecule has 0 bridgehead atoms. The molecule has 0 aliphatic heterocycles. The summed E-state index contributed by atoms with van der Waals surface area (Å²) < 4.78 is 5.14. The molecule has 0 aliphatic carbocycles. The third-order valence-corrected chi connectivity index (χ3v) is 2.52. The zero-order valence-electron chi connectivity index (χ0n) is 13.4. The highest BCUT2D eigenvalue weighted by Crippen LogP contribution is 2.09. The van der Waals surface area contributed by atoms with Crippen LogP contribution < -0.4 is 0 Å². The highest BCUT2D eigenvalue weighted by Gasteiger charge is 2.20. The zero-order valence-corrected chi connectivity index (χ0v) is 13.4. The van der Waals surface area contributed by atoms with Gasteiger partial charge < -0.3 is 14.5 Å². The van der Waals surface area contributed by atoms with Gasteiger partial charge in [0.15, 0.2) is 0 Å². The van der Waals surface area contributed by atoms with Crippen molar-refractivity contribution in [2.75, 3.05) is 27.2 Å². The number of rotatable bonds is 6. The molecule has 0 unspecified atom stereocenters. The molecular formula is C14H26N2O4. The van der Waals surface area contributed by atoms with Crippen molar-refractivity contribution < 1.29 is 19.1 Å². The van der Waals surface area contributed by atoms with Crippen molar-refractivity contribution in [1.82, 2.24) is 9.80 Å². The molecule has 0 aromatic heterocycles. The Morgan fingerprint density at radius 2 is 1.55 bits per heavy atom. The van der Waals surface area contributed by atoms with E-state index in [1.165, 1.54) is 9.80 Å². The second-order valence-electron chi connectivity index (χ2n) is 5.78. The van der Waals surface area contributed by atoms with Gasteiger partial charge in [-0.2, -0.15) is 0 Å². The molecule has 0 heterocycles. The molecule has 0 aromatic rings. The minimum Gasteiger partial charge on any atom is -0.460 e. The van der Waals surface area contributed by atoms with Crippen LogP contribution in [0.2, 0.25) is 0 Å². The van der Waals surface area contributed by atoms with Crippen molar-refractivity contribution in [3.05, 3.63) is 0 Å². The predicted molar refractivity (Wildman–Crippen MR) is 76.0 cm³/mol. The molecule has 0 fully saturated rings. The van der Waals surface area contributed by atoms with Crippen molar-refractivity contribution in [2.45, 2.75) is 46.1 Å². The van der Waals surface area contributed by atoms with E-state index in [9.17, 15) is 14.4 Å². The second-order valence-corrected chi connectivity index (χ2v) is 5.78. The molecule has 0 aromatic carbocycles. The van der Waals surface area contributed by atoms with E-state index < -0.39 is 11.6 Å². The summed E-state index contributed by atoms with van der Waals surface area (Å²) in [4.78, 5) is 37.9. The lowest BCUT2D eigenvalue weighted by Gasteiger charge is -2.23. The van der Waals surface area contributed by atoms with Gasteiger partial charge in [-0.25, -0.2) is 0 Å². The molecule has 2 amide bonds. The van der Waals surface area contributed by atoms with Crippen molar-refractivity contribution in [3.8, 4) is 0 Å². The van der Waals surface area contributed by atoms with Crippen molar-refractivity contribution >= 4 is 17.8 Å². The smallest absolute Gasteiger partial charge is 0.306 e. The normalized spacial score (nSPS) is 10.9. The Balaban J connectivity index is 4.30. The quantitative estimate of drug-likeness (QED) is 0.684. The van der Waals surface area contributed by atoms with E-state index in [1.807, 2.05) is 0 Å². The third-order valence-electron chi connectivity index (χ3n) is 2.52. The third kappa shape index (κ3) is 7.76. The monoisotopic (exact) mass is 286 g/mol. The topological polar surface area (TPSA) is 66.9 Å². The van der Waals surface area contributed by atoms with E-state index in [0.29, 0.717) is 6.54 Å². The van der Waals surface area contributed by atoms with Crippen LogP contribution in [-0.2, 0) is 19.1 Å². The van der Waals surface area contributed by atoms with E-state index in [1.54, 1.807) is 41.8 Å². The number of esters is 1. The fourth-order valence-corrected chi connectivity index (χ4v) is 1.44. The Hall–Kier alpha value is -1.59. The summed E-state index contributed by atoms with van der Waals surface area (Å²) in [5.74, 6) is -0.758. The first-order chi connectivity index (χ1) is 9.06. The zero-order chi connectivity index (χ0) is 15.9. The molecule has 116 valence electrons. The molecule has 0 saturated carbocycles. The maximum absolute atomic E-state index is 11.9. The van der Waals surface area contributed by atoms with Gasteiger partial charge in [0.2, 0.25) is 11.8 Å². The Kier molecular flexibility index (Phi) is 7.24. The van der Waals surface area contributed by atoms with Crippen LogP contribution in [0, 0.1) is 0 Å². The van der Waals surface area contributed by atoms with E-state index in [-0.39, 0.29) is 31.2 Å². The maximum atomic E-state index is 11.9. The van der Waals surface area contributed by atoms with Crippen LogP contribution in [0.3, 0.4) is 0 Å². The Morgan fingerprint density at radius 3 is 1.95 bits per heavy atom. The summed E-state index contributed by atoms with van der Waals surface area (Å²) >= 11 is 0. The molecule has 6 heteroatoms. The largest absolute Gasteiger partial charge is 0.460 e. The lowest BCUT2D eigenvalue weighted by Crippen LogP contribution is -2.40. The Labute approximate surface area is 121 Å². The van der Waals surface area contributed by atoms with Gasteiger partial charge in [-0.05, 0) is 27.7 Å². The van der Waals surface area contributed by atoms with E-state index in [4.69, 9.17) is 4.74 Å². The number of amides is 2. The number of likely N-dealkylation sites (N-methyl/N-ethyl adjacent to an activating group) is 2. The lowest BCUT2D eigenvalue weighted by molar-refractivity contribution is -0.156. The summed E-state index contributed by atoms with van der Waals surface area (Å²) in [5, 5.41) is 0. The first-order valence-electron chi connectivity index (χ1n) is 6.76. The van der Waals surface area contributed by atoms with E-state index in [2.05, 4.69) is 0 Å². The first-order valence-corrected chi connectivity index (χ1v) is 6.76. The van der Waals surface area contributed by atoms with Crippen LogP contribution in [0.1, 0.15) is 40.5 Å². The Bertz CT molecular complexity index is 359. The fraction of sp³-hybridized carbons (Fsp3) is 0.786. The van der Waals surface area contributed by atoms with Crippen LogP contribution in [0.15, 0.2) is 0 Å². The van der Waals surface area contributed by atoms with Gasteiger partial charge in [-0.15, -0.1) is 0 Å². The number of hydrogen-bond donors (Lipinski definition) is 0. The highest BCUT2D eigenvalue weighted by atomic mass is 16.6. The van der Waals surface area contributed by atoms with Gasteiger partial charge >= 0.3 is 5.97 Å². The molecular weight excluding hydrogens is 260 g/mol. The predicted octanol–water partition coefficient (Wildman–Crippen LogP) is 1.04. The summed E-state index contributed by atoms with van der Waals surface area (Å²) in [6, 6.07) is 0. The fourth-order valence-electron chi connectivity index (χ4n) is 1.44. The van der Waals surface area contributed by atoms with E-state index >= 15 is 0 Å². The van der Waals surface area contributed by atoms with Crippen molar-refractivity contribution in [1.29, 1.82) is 0 Å². The van der Waals surface area contributed by atoms with Gasteiger partial charge in [0.25, 0.3) is 0 Å². The van der Waals surface area contributed by atoms with Crippen LogP contribution in [-0.4, -0.2) is 60.4 Å². The van der Waals surface area contributed by atoms with Crippen LogP contribution in [0.25, 0.3) is 0 Å². The van der Waals surface area contributed by atoms with Gasteiger partial charge in [0.05, 0.1) is 13.0 Å². The summed E-state index contributed by atoms with van der Waals surface area (Å²) in [6.07, 6.45) is 0.0895. The number of hydrogen-bond acceptors (Lipinski definition) is 4. The van der Waals surface area contributed by atoms with Crippen LogP contribution in [0.4, 0.5) is 0 Å². The summed E-state index contributed by atoms with van der Waals surface area (Å²) in [7, 11) is 3.28. The minimum atomic E-state index is -0.550. The minimum absolute atomic E-state index is 0.0305. The standard InChI is InChI=1S/C14H26N2O4/c1-7-16(10-12(18)15(5)6)11(17)8-9-13(19)20-14(2,3)4/h7-10H2,1-6H3. The lowest BCUT2D eigenvalue weighted by atomic mass is 10.2.